The summed E-state index contributed by atoms with van der Waals surface area (Å²) in [5, 5.41) is 9.87. The fourth-order valence-corrected chi connectivity index (χ4v) is 1.52. The highest BCUT2D eigenvalue weighted by molar-refractivity contribution is 5.95. The van der Waals surface area contributed by atoms with Gasteiger partial charge in [-0.15, -0.1) is 0 Å². The molecule has 0 aliphatic carbocycles. The summed E-state index contributed by atoms with van der Waals surface area (Å²) in [7, 11) is 0. The van der Waals surface area contributed by atoms with E-state index in [4.69, 9.17) is 5.11 Å². The summed E-state index contributed by atoms with van der Waals surface area (Å²) in [6, 6.07) is 7.75. The molecule has 1 aromatic heterocycles. The van der Waals surface area contributed by atoms with Gasteiger partial charge in [-0.25, -0.2) is 4.79 Å². The average molecular weight is 201 g/mol. The smallest absolute Gasteiger partial charge is 0.331 e. The molecule has 1 aromatic carbocycles. The van der Waals surface area contributed by atoms with Crippen LogP contribution in [-0.4, -0.2) is 16.1 Å². The molecule has 3 nitrogen and oxygen atoms in total. The van der Waals surface area contributed by atoms with Gasteiger partial charge >= 0.3 is 5.97 Å². The Kier molecular flexibility index (Phi) is 2.29. The molecule has 0 unspecified atom stereocenters. The molecular formula is C12H11NO2. The highest BCUT2D eigenvalue weighted by atomic mass is 16.4. The van der Waals surface area contributed by atoms with E-state index in [-0.39, 0.29) is 0 Å². The first-order valence-corrected chi connectivity index (χ1v) is 4.66. The summed E-state index contributed by atoms with van der Waals surface area (Å²) in [5.74, 6) is -0.890. The number of benzene rings is 1. The Balaban J connectivity index is 2.57. The summed E-state index contributed by atoms with van der Waals surface area (Å²) in [6.45, 7) is 1.59. The minimum absolute atomic E-state index is 0.331. The molecular weight excluding hydrogens is 190 g/mol. The van der Waals surface area contributed by atoms with Crippen LogP contribution in [0, 0.1) is 0 Å². The highest BCUT2D eigenvalue weighted by Gasteiger charge is 2.03. The molecule has 2 N–H and O–H groups in total. The number of aliphatic carboxylic acids is 1. The maximum Gasteiger partial charge on any atom is 0.331 e. The molecule has 2 aromatic rings. The van der Waals surface area contributed by atoms with E-state index in [1.165, 1.54) is 0 Å². The fourth-order valence-electron chi connectivity index (χ4n) is 1.52. The lowest BCUT2D eigenvalue weighted by atomic mass is 10.1. The first kappa shape index (κ1) is 9.52. The van der Waals surface area contributed by atoms with Gasteiger partial charge in [-0.1, -0.05) is 18.2 Å². The lowest BCUT2D eigenvalue weighted by Gasteiger charge is -1.98. The summed E-state index contributed by atoms with van der Waals surface area (Å²) in [5.41, 5.74) is 2.20. The summed E-state index contributed by atoms with van der Waals surface area (Å²) in [4.78, 5) is 13.8. The van der Waals surface area contributed by atoms with Gasteiger partial charge in [0.05, 0.1) is 5.52 Å². The maximum atomic E-state index is 10.7. The molecule has 0 saturated carbocycles. The second-order valence-corrected chi connectivity index (χ2v) is 3.42. The van der Waals surface area contributed by atoms with Crippen LogP contribution in [0.1, 0.15) is 12.5 Å². The van der Waals surface area contributed by atoms with Gasteiger partial charge < -0.3 is 10.1 Å². The van der Waals surface area contributed by atoms with Crippen molar-refractivity contribution in [2.45, 2.75) is 6.92 Å². The number of H-pyrrole nitrogens is 1. The molecule has 0 amide bonds. The average Bonchev–Trinajstić information content (AvgIpc) is 2.66. The number of carboxylic acids is 1. The van der Waals surface area contributed by atoms with Crippen LogP contribution in [0.2, 0.25) is 0 Å². The van der Waals surface area contributed by atoms with Crippen LogP contribution in [0.15, 0.2) is 36.0 Å². The molecule has 2 rings (SSSR count). The van der Waals surface area contributed by atoms with Crippen molar-refractivity contribution in [1.29, 1.82) is 0 Å². The number of nitrogens with one attached hydrogen (secondary N) is 1. The molecule has 0 radical (unpaired) electrons. The Morgan fingerprint density at radius 3 is 2.93 bits per heavy atom. The molecule has 15 heavy (non-hydrogen) atoms. The van der Waals surface area contributed by atoms with E-state index in [0.717, 1.165) is 16.5 Å². The number of rotatable bonds is 2. The number of aromatic amines is 1. The van der Waals surface area contributed by atoms with Crippen LogP contribution in [0.3, 0.4) is 0 Å². The second kappa shape index (κ2) is 3.61. The largest absolute Gasteiger partial charge is 0.478 e. The van der Waals surface area contributed by atoms with Crippen molar-refractivity contribution in [3.05, 3.63) is 41.6 Å². The molecule has 76 valence electrons. The van der Waals surface area contributed by atoms with Crippen molar-refractivity contribution in [2.75, 3.05) is 0 Å². The van der Waals surface area contributed by atoms with Crippen molar-refractivity contribution in [3.8, 4) is 0 Å². The van der Waals surface area contributed by atoms with Crippen LogP contribution < -0.4 is 0 Å². The van der Waals surface area contributed by atoms with Crippen molar-refractivity contribution < 1.29 is 9.90 Å². The third-order valence-electron chi connectivity index (χ3n) is 2.33. The number of carboxylic acid groups (broad SMARTS) is 1. The van der Waals surface area contributed by atoms with Gasteiger partial charge in [-0.05, 0) is 30.0 Å². The Morgan fingerprint density at radius 2 is 2.20 bits per heavy atom. The third kappa shape index (κ3) is 1.76. The topological polar surface area (TPSA) is 53.1 Å². The Labute approximate surface area is 87.0 Å². The molecule has 0 aliphatic rings. The van der Waals surface area contributed by atoms with Crippen molar-refractivity contribution >= 4 is 22.9 Å². The van der Waals surface area contributed by atoms with Crippen molar-refractivity contribution in [3.63, 3.8) is 0 Å². The molecule has 0 saturated heterocycles. The number of fused-ring (bicyclic) bond motifs is 1. The van der Waals surface area contributed by atoms with Crippen LogP contribution in [0.25, 0.3) is 17.0 Å². The van der Waals surface area contributed by atoms with Gasteiger partial charge in [-0.2, -0.15) is 0 Å². The lowest BCUT2D eigenvalue weighted by Crippen LogP contribution is -1.95. The first-order chi connectivity index (χ1) is 7.18. The van der Waals surface area contributed by atoms with Gasteiger partial charge in [0.15, 0.2) is 0 Å². The van der Waals surface area contributed by atoms with E-state index in [0.29, 0.717) is 5.57 Å². The zero-order chi connectivity index (χ0) is 10.8. The number of hydrogen-bond acceptors (Lipinski definition) is 1. The van der Waals surface area contributed by atoms with E-state index in [1.54, 1.807) is 13.0 Å². The van der Waals surface area contributed by atoms with Crippen molar-refractivity contribution in [2.24, 2.45) is 0 Å². The zero-order valence-corrected chi connectivity index (χ0v) is 8.32. The SMILES string of the molecule is CC(=Cc1cccc2cc[nH]c12)C(=O)O. The molecule has 1 heterocycles. The summed E-state index contributed by atoms with van der Waals surface area (Å²) < 4.78 is 0. The Hall–Kier alpha value is -2.03. The van der Waals surface area contributed by atoms with E-state index < -0.39 is 5.97 Å². The summed E-state index contributed by atoms with van der Waals surface area (Å²) in [6.07, 6.45) is 3.51. The van der Waals surface area contributed by atoms with Crippen LogP contribution >= 0.6 is 0 Å². The molecule has 0 aliphatic heterocycles. The Bertz CT molecular complexity index is 537. The molecule has 0 atom stereocenters. The van der Waals surface area contributed by atoms with Crippen LogP contribution in [0.4, 0.5) is 0 Å². The van der Waals surface area contributed by atoms with Gasteiger partial charge in [0.2, 0.25) is 0 Å². The quantitative estimate of drug-likeness (QED) is 0.734. The summed E-state index contributed by atoms with van der Waals surface area (Å²) >= 11 is 0. The number of aromatic nitrogens is 1. The monoisotopic (exact) mass is 201 g/mol. The molecule has 3 heteroatoms. The normalized spacial score (nSPS) is 11.9. The molecule has 0 fully saturated rings. The fraction of sp³-hybridized carbons (Fsp3) is 0.0833. The molecule has 0 spiro atoms. The van der Waals surface area contributed by atoms with Gasteiger partial charge in [0.1, 0.15) is 0 Å². The van der Waals surface area contributed by atoms with Gasteiger partial charge in [-0.3, -0.25) is 0 Å². The minimum atomic E-state index is -0.890. The maximum absolute atomic E-state index is 10.7. The standard InChI is InChI=1S/C12H11NO2/c1-8(12(14)15)7-10-4-2-3-9-5-6-13-11(9)10/h2-7,13H,1H3,(H,14,15). The van der Waals surface area contributed by atoms with Gasteiger partial charge in [0, 0.05) is 11.8 Å². The first-order valence-electron chi connectivity index (χ1n) is 4.66. The van der Waals surface area contributed by atoms with E-state index in [1.807, 2.05) is 30.5 Å². The van der Waals surface area contributed by atoms with E-state index in [2.05, 4.69) is 4.98 Å². The predicted octanol–water partition coefficient (Wildman–Crippen LogP) is 2.66. The van der Waals surface area contributed by atoms with E-state index in [9.17, 15) is 4.79 Å². The second-order valence-electron chi connectivity index (χ2n) is 3.42. The Morgan fingerprint density at radius 1 is 1.40 bits per heavy atom. The number of carbonyl (C=O) groups is 1. The van der Waals surface area contributed by atoms with Crippen LogP contribution in [-0.2, 0) is 4.79 Å². The lowest BCUT2D eigenvalue weighted by molar-refractivity contribution is -0.132. The number of hydrogen-bond donors (Lipinski definition) is 2. The molecule has 0 bridgehead atoms. The highest BCUT2D eigenvalue weighted by Crippen LogP contribution is 2.19. The van der Waals surface area contributed by atoms with E-state index >= 15 is 0 Å². The zero-order valence-electron chi connectivity index (χ0n) is 8.32. The number of para-hydroxylation sites is 1. The van der Waals surface area contributed by atoms with Crippen molar-refractivity contribution in [1.82, 2.24) is 4.98 Å². The third-order valence-corrected chi connectivity index (χ3v) is 2.33. The van der Waals surface area contributed by atoms with Crippen LogP contribution in [0.5, 0.6) is 0 Å². The predicted molar refractivity (Wildman–Crippen MR) is 59.6 cm³/mol. The van der Waals surface area contributed by atoms with Gasteiger partial charge in [0.25, 0.3) is 0 Å². The minimum Gasteiger partial charge on any atom is -0.478 e.